The fourth-order valence-corrected chi connectivity index (χ4v) is 4.20. The Bertz CT molecular complexity index is 832. The van der Waals surface area contributed by atoms with Gasteiger partial charge in [0.15, 0.2) is 5.03 Å². The molecule has 1 amide bonds. The molecule has 2 rings (SSSR count). The predicted octanol–water partition coefficient (Wildman–Crippen LogP) is 3.44. The highest BCUT2D eigenvalue weighted by Gasteiger charge is 2.25. The summed E-state index contributed by atoms with van der Waals surface area (Å²) in [5, 5.41) is 3.77. The molecule has 1 aromatic heterocycles. The summed E-state index contributed by atoms with van der Waals surface area (Å²) in [7, 11) is -3.89. The van der Waals surface area contributed by atoms with Crippen LogP contribution < -0.4 is 0 Å². The fourth-order valence-electron chi connectivity index (χ4n) is 2.00. The lowest BCUT2D eigenvalue weighted by atomic mass is 10.4. The van der Waals surface area contributed by atoms with Crippen LogP contribution in [0.5, 0.6) is 0 Å². The number of hydrogen-bond donors (Lipinski definition) is 0. The molecule has 0 bridgehead atoms. The van der Waals surface area contributed by atoms with Crippen molar-refractivity contribution in [3.63, 3.8) is 0 Å². The van der Waals surface area contributed by atoms with Crippen LogP contribution in [0.3, 0.4) is 0 Å². The lowest BCUT2D eigenvalue weighted by molar-refractivity contribution is 0.201. The molecule has 2 aromatic rings. The highest BCUT2D eigenvalue weighted by Crippen LogP contribution is 2.29. The van der Waals surface area contributed by atoms with Crippen LogP contribution in [0.2, 0.25) is 5.02 Å². The van der Waals surface area contributed by atoms with Gasteiger partial charge in [-0.2, -0.15) is 9.78 Å². The monoisotopic (exact) mass is 419 g/mol. The first-order chi connectivity index (χ1) is 10.8. The first kappa shape index (κ1) is 18.0. The van der Waals surface area contributed by atoms with Crippen molar-refractivity contribution < 1.29 is 13.2 Å². The Morgan fingerprint density at radius 3 is 2.52 bits per heavy atom. The van der Waals surface area contributed by atoms with Crippen molar-refractivity contribution in [2.45, 2.75) is 23.8 Å². The van der Waals surface area contributed by atoms with Crippen molar-refractivity contribution in [1.29, 1.82) is 0 Å². The molecular weight excluding hydrogens is 406 g/mol. The van der Waals surface area contributed by atoms with E-state index in [-0.39, 0.29) is 21.0 Å². The predicted molar refractivity (Wildman–Crippen MR) is 90.5 cm³/mol. The van der Waals surface area contributed by atoms with Gasteiger partial charge in [0.25, 0.3) is 0 Å². The van der Waals surface area contributed by atoms with Gasteiger partial charge in [-0.25, -0.2) is 13.2 Å². The molecule has 23 heavy (non-hydrogen) atoms. The van der Waals surface area contributed by atoms with Gasteiger partial charge < -0.3 is 4.90 Å². The highest BCUT2D eigenvalue weighted by molar-refractivity contribution is 9.10. The Labute approximate surface area is 148 Å². The second kappa shape index (κ2) is 7.02. The molecule has 0 aliphatic heterocycles. The van der Waals surface area contributed by atoms with Crippen molar-refractivity contribution >= 4 is 43.4 Å². The Morgan fingerprint density at radius 1 is 1.30 bits per heavy atom. The van der Waals surface area contributed by atoms with Crippen LogP contribution in [-0.4, -0.2) is 42.2 Å². The molecule has 124 valence electrons. The minimum absolute atomic E-state index is 0.0529. The van der Waals surface area contributed by atoms with Crippen molar-refractivity contribution in [2.75, 3.05) is 13.1 Å². The smallest absolute Gasteiger partial charge is 0.323 e. The summed E-state index contributed by atoms with van der Waals surface area (Å²) in [6.45, 7) is 4.69. The quantitative estimate of drug-likeness (QED) is 0.759. The molecule has 0 fully saturated rings. The summed E-state index contributed by atoms with van der Waals surface area (Å²) in [6, 6.07) is 5.38. The number of sulfone groups is 1. The number of carbonyl (C=O) groups excluding carboxylic acids is 1. The summed E-state index contributed by atoms with van der Waals surface area (Å²) in [5.41, 5.74) is 0. The average molecular weight is 421 g/mol. The van der Waals surface area contributed by atoms with Gasteiger partial charge in [0, 0.05) is 23.8 Å². The Kier molecular flexibility index (Phi) is 5.49. The molecule has 0 atom stereocenters. The molecule has 1 aromatic carbocycles. The van der Waals surface area contributed by atoms with Gasteiger partial charge in [-0.15, -0.1) is 0 Å². The number of aromatic nitrogens is 2. The van der Waals surface area contributed by atoms with Crippen LogP contribution in [0.15, 0.2) is 44.9 Å². The van der Waals surface area contributed by atoms with Crippen LogP contribution in [0, 0.1) is 0 Å². The summed E-state index contributed by atoms with van der Waals surface area (Å²) in [5.74, 6) is 0. The average Bonchev–Trinajstić information content (AvgIpc) is 2.98. The van der Waals surface area contributed by atoms with Crippen LogP contribution >= 0.6 is 27.5 Å². The van der Waals surface area contributed by atoms with Crippen LogP contribution in [0.25, 0.3) is 0 Å². The van der Waals surface area contributed by atoms with Gasteiger partial charge in [0.1, 0.15) is 0 Å². The third-order valence-corrected chi connectivity index (χ3v) is 5.87. The Balaban J connectivity index is 2.41. The van der Waals surface area contributed by atoms with Gasteiger partial charge in [0.05, 0.1) is 9.92 Å². The van der Waals surface area contributed by atoms with Gasteiger partial charge in [0.2, 0.25) is 9.84 Å². The first-order valence-corrected chi connectivity index (χ1v) is 9.51. The summed E-state index contributed by atoms with van der Waals surface area (Å²) < 4.78 is 26.9. The van der Waals surface area contributed by atoms with E-state index in [4.69, 9.17) is 11.6 Å². The van der Waals surface area contributed by atoms with Crippen molar-refractivity contribution in [3.05, 3.63) is 40.0 Å². The summed E-state index contributed by atoms with van der Waals surface area (Å²) in [4.78, 5) is 13.7. The van der Waals surface area contributed by atoms with E-state index in [1.165, 1.54) is 29.3 Å². The van der Waals surface area contributed by atoms with Crippen molar-refractivity contribution in [1.82, 2.24) is 14.7 Å². The molecule has 0 saturated heterocycles. The zero-order valence-electron chi connectivity index (χ0n) is 12.5. The van der Waals surface area contributed by atoms with Crippen molar-refractivity contribution in [2.24, 2.45) is 0 Å². The summed E-state index contributed by atoms with van der Waals surface area (Å²) >= 11 is 9.23. The van der Waals surface area contributed by atoms with Gasteiger partial charge in [-0.3, -0.25) is 0 Å². The standard InChI is InChI=1S/C14H15BrClN3O3S/c1-3-18(4-2)14(20)19-8-7-13(17-19)23(21,22)12-6-5-10(15)9-11(12)16/h5-9H,3-4H2,1-2H3. The van der Waals surface area contributed by atoms with Crippen LogP contribution in [-0.2, 0) is 9.84 Å². The second-order valence-corrected chi connectivity index (χ2v) is 7.82. The molecule has 0 spiro atoms. The molecule has 0 unspecified atom stereocenters. The largest absolute Gasteiger partial charge is 0.344 e. The lowest BCUT2D eigenvalue weighted by Crippen LogP contribution is -2.34. The first-order valence-electron chi connectivity index (χ1n) is 6.86. The molecule has 0 aliphatic carbocycles. The maximum Gasteiger partial charge on any atom is 0.344 e. The van der Waals surface area contributed by atoms with E-state index in [0.29, 0.717) is 17.6 Å². The molecular formula is C14H15BrClN3O3S. The molecule has 0 aliphatic rings. The Morgan fingerprint density at radius 2 is 1.96 bits per heavy atom. The number of carbonyl (C=O) groups is 1. The topological polar surface area (TPSA) is 72.3 Å². The number of amides is 1. The van der Waals surface area contributed by atoms with Crippen molar-refractivity contribution in [3.8, 4) is 0 Å². The van der Waals surface area contributed by atoms with E-state index in [1.807, 2.05) is 13.8 Å². The third kappa shape index (κ3) is 3.59. The number of halogens is 2. The van der Waals surface area contributed by atoms with E-state index in [9.17, 15) is 13.2 Å². The van der Waals surface area contributed by atoms with Crippen LogP contribution in [0.1, 0.15) is 13.8 Å². The number of rotatable bonds is 4. The van der Waals surface area contributed by atoms with Gasteiger partial charge in [-0.05, 0) is 38.1 Å². The maximum atomic E-state index is 12.6. The van der Waals surface area contributed by atoms with E-state index in [0.717, 1.165) is 4.68 Å². The normalized spacial score (nSPS) is 11.5. The zero-order valence-corrected chi connectivity index (χ0v) is 15.7. The van der Waals surface area contributed by atoms with Crippen LogP contribution in [0.4, 0.5) is 4.79 Å². The molecule has 6 nitrogen and oxygen atoms in total. The zero-order chi connectivity index (χ0) is 17.2. The maximum absolute atomic E-state index is 12.6. The van der Waals surface area contributed by atoms with E-state index >= 15 is 0 Å². The van der Waals surface area contributed by atoms with E-state index in [2.05, 4.69) is 21.0 Å². The van der Waals surface area contributed by atoms with E-state index < -0.39 is 9.84 Å². The molecule has 0 radical (unpaired) electrons. The molecule has 1 heterocycles. The van der Waals surface area contributed by atoms with Gasteiger partial charge >= 0.3 is 6.03 Å². The minimum Gasteiger partial charge on any atom is -0.323 e. The number of nitrogens with zero attached hydrogens (tertiary/aromatic N) is 3. The highest BCUT2D eigenvalue weighted by atomic mass is 79.9. The number of hydrogen-bond acceptors (Lipinski definition) is 4. The molecule has 9 heteroatoms. The third-order valence-electron chi connectivity index (χ3n) is 3.25. The van der Waals surface area contributed by atoms with E-state index in [1.54, 1.807) is 6.07 Å². The Hall–Kier alpha value is -1.38. The lowest BCUT2D eigenvalue weighted by Gasteiger charge is -2.17. The molecule has 0 N–H and O–H groups in total. The second-order valence-electron chi connectivity index (χ2n) is 4.63. The summed E-state index contributed by atoms with van der Waals surface area (Å²) in [6.07, 6.45) is 1.33. The molecule has 0 saturated carbocycles. The number of benzene rings is 1. The fraction of sp³-hybridized carbons (Fsp3) is 0.286. The minimum atomic E-state index is -3.89. The SMILES string of the molecule is CCN(CC)C(=O)n1ccc(S(=O)(=O)c2ccc(Br)cc2Cl)n1. The van der Waals surface area contributed by atoms with Gasteiger partial charge in [-0.1, -0.05) is 27.5 Å².